The summed E-state index contributed by atoms with van der Waals surface area (Å²) in [6.07, 6.45) is 1.11. The molecule has 0 aliphatic carbocycles. The molecule has 0 atom stereocenters. The van der Waals surface area contributed by atoms with E-state index in [1.807, 2.05) is 0 Å². The van der Waals surface area contributed by atoms with Crippen molar-refractivity contribution in [3.05, 3.63) is 47.7 Å². The molecule has 16 heavy (non-hydrogen) atoms. The lowest BCUT2D eigenvalue weighted by molar-refractivity contribution is -0.135. The molecule has 0 aliphatic heterocycles. The van der Waals surface area contributed by atoms with Crippen LogP contribution in [0.2, 0.25) is 0 Å². The number of methoxy groups -OCH3 is 1. The van der Waals surface area contributed by atoms with Crippen molar-refractivity contribution in [3.8, 4) is 0 Å². The first kappa shape index (κ1) is 12.0. The molecule has 0 saturated heterocycles. The van der Waals surface area contributed by atoms with E-state index < -0.39 is 11.9 Å². The van der Waals surface area contributed by atoms with Gasteiger partial charge in [0.15, 0.2) is 0 Å². The van der Waals surface area contributed by atoms with Crippen LogP contribution >= 0.6 is 0 Å². The van der Waals surface area contributed by atoms with Crippen LogP contribution < -0.4 is 0 Å². The highest BCUT2D eigenvalue weighted by molar-refractivity contribution is 5.90. The number of ether oxygens (including phenoxy) is 2. The van der Waals surface area contributed by atoms with Gasteiger partial charge in [-0.3, -0.25) is 0 Å². The Kier molecular flexibility index (Phi) is 4.27. The van der Waals surface area contributed by atoms with Gasteiger partial charge in [0.05, 0.1) is 18.7 Å². The summed E-state index contributed by atoms with van der Waals surface area (Å²) in [7, 11) is 1.26. The number of carbonyl (C=O) groups is 2. The van der Waals surface area contributed by atoms with Crippen LogP contribution in [-0.2, 0) is 14.3 Å². The molecule has 0 fully saturated rings. The fourth-order valence-corrected chi connectivity index (χ4v) is 1.03. The van der Waals surface area contributed by atoms with Crippen LogP contribution in [0.4, 0.5) is 0 Å². The molecule has 1 aromatic rings. The zero-order valence-electron chi connectivity index (χ0n) is 9.10. The average molecular weight is 220 g/mol. The van der Waals surface area contributed by atoms with Gasteiger partial charge in [-0.2, -0.15) is 0 Å². The molecule has 0 heterocycles. The van der Waals surface area contributed by atoms with Gasteiger partial charge in [0.25, 0.3) is 0 Å². The van der Waals surface area contributed by atoms with Crippen LogP contribution in [0.25, 0.3) is 0 Å². The van der Waals surface area contributed by atoms with Gasteiger partial charge in [-0.25, -0.2) is 9.59 Å². The molecule has 4 heteroatoms. The molecular weight excluding hydrogens is 208 g/mol. The second-order valence-electron chi connectivity index (χ2n) is 3.03. The second kappa shape index (κ2) is 5.70. The van der Waals surface area contributed by atoms with E-state index in [0.29, 0.717) is 5.56 Å². The van der Waals surface area contributed by atoms with Crippen LogP contribution in [0.15, 0.2) is 42.2 Å². The minimum absolute atomic E-state index is 0.195. The highest BCUT2D eigenvalue weighted by atomic mass is 16.5. The molecule has 0 aromatic heterocycles. The van der Waals surface area contributed by atoms with E-state index >= 15 is 0 Å². The first-order valence-electron chi connectivity index (χ1n) is 4.67. The third-order valence-electron chi connectivity index (χ3n) is 1.79. The predicted octanol–water partition coefficient (Wildman–Crippen LogP) is 1.92. The fourth-order valence-electron chi connectivity index (χ4n) is 1.03. The highest BCUT2D eigenvalue weighted by Crippen LogP contribution is 2.05. The zero-order chi connectivity index (χ0) is 12.0. The summed E-state index contributed by atoms with van der Waals surface area (Å²) in [6.45, 7) is 1.51. The van der Waals surface area contributed by atoms with Gasteiger partial charge in [0.2, 0.25) is 0 Å². The molecule has 1 aromatic carbocycles. The van der Waals surface area contributed by atoms with Crippen molar-refractivity contribution in [2.45, 2.75) is 6.92 Å². The summed E-state index contributed by atoms with van der Waals surface area (Å²) >= 11 is 0. The van der Waals surface area contributed by atoms with Gasteiger partial charge in [0, 0.05) is 0 Å². The highest BCUT2D eigenvalue weighted by Gasteiger charge is 2.07. The number of hydrogen-bond donors (Lipinski definition) is 0. The van der Waals surface area contributed by atoms with Crippen molar-refractivity contribution in [1.82, 2.24) is 0 Å². The molecule has 0 saturated carbocycles. The molecule has 0 N–H and O–H groups in total. The average Bonchev–Trinajstić information content (AvgIpc) is 2.29. The summed E-state index contributed by atoms with van der Waals surface area (Å²) in [5, 5.41) is 0. The second-order valence-corrected chi connectivity index (χ2v) is 3.03. The summed E-state index contributed by atoms with van der Waals surface area (Å²) in [4.78, 5) is 22.4. The number of esters is 2. The molecule has 0 unspecified atom stereocenters. The molecule has 0 bridgehead atoms. The van der Waals surface area contributed by atoms with Crippen molar-refractivity contribution in [3.63, 3.8) is 0 Å². The van der Waals surface area contributed by atoms with Crippen LogP contribution in [0.5, 0.6) is 0 Å². The maximum atomic E-state index is 11.5. The van der Waals surface area contributed by atoms with Crippen LogP contribution in [0, 0.1) is 0 Å². The summed E-state index contributed by atoms with van der Waals surface area (Å²) in [5.41, 5.74) is 0.431. The number of carbonyl (C=O) groups excluding carboxylic acids is 2. The number of rotatable bonds is 3. The third kappa shape index (κ3) is 3.57. The van der Waals surface area contributed by atoms with Gasteiger partial charge < -0.3 is 9.47 Å². The molecule has 0 amide bonds. The largest absolute Gasteiger partial charge is 0.466 e. The molecule has 0 radical (unpaired) electrons. The zero-order valence-corrected chi connectivity index (χ0v) is 9.10. The van der Waals surface area contributed by atoms with Crippen molar-refractivity contribution in [2.24, 2.45) is 0 Å². The van der Waals surface area contributed by atoms with Crippen molar-refractivity contribution >= 4 is 11.9 Å². The Morgan fingerprint density at radius 1 is 1.19 bits per heavy atom. The lowest BCUT2D eigenvalue weighted by Gasteiger charge is -2.03. The summed E-state index contributed by atoms with van der Waals surface area (Å²) < 4.78 is 9.33. The first-order chi connectivity index (χ1) is 7.63. The Hall–Kier alpha value is -2.10. The number of benzene rings is 1. The summed E-state index contributed by atoms with van der Waals surface area (Å²) in [6, 6.07) is 8.53. The normalized spacial score (nSPS) is 10.8. The fraction of sp³-hybridized carbons (Fsp3) is 0.167. The van der Waals surface area contributed by atoms with Gasteiger partial charge >= 0.3 is 11.9 Å². The van der Waals surface area contributed by atoms with Gasteiger partial charge in [-0.15, -0.1) is 0 Å². The summed E-state index contributed by atoms with van der Waals surface area (Å²) in [5.74, 6) is -0.864. The Morgan fingerprint density at radius 2 is 1.81 bits per heavy atom. The quantitative estimate of drug-likeness (QED) is 0.443. The minimum atomic E-state index is -0.557. The van der Waals surface area contributed by atoms with Crippen molar-refractivity contribution < 1.29 is 19.1 Å². The van der Waals surface area contributed by atoms with Crippen LogP contribution in [0.3, 0.4) is 0 Å². The maximum absolute atomic E-state index is 11.5. The topological polar surface area (TPSA) is 52.6 Å². The van der Waals surface area contributed by atoms with Crippen LogP contribution in [-0.4, -0.2) is 19.0 Å². The van der Waals surface area contributed by atoms with Gasteiger partial charge in [-0.1, -0.05) is 18.2 Å². The maximum Gasteiger partial charge on any atom is 0.343 e. The van der Waals surface area contributed by atoms with Crippen molar-refractivity contribution in [1.29, 1.82) is 0 Å². The number of hydrogen-bond acceptors (Lipinski definition) is 4. The van der Waals surface area contributed by atoms with E-state index in [4.69, 9.17) is 4.74 Å². The predicted molar refractivity (Wildman–Crippen MR) is 57.6 cm³/mol. The minimum Gasteiger partial charge on any atom is -0.466 e. The Balaban J connectivity index is 2.66. The van der Waals surface area contributed by atoms with Gasteiger partial charge in [0.1, 0.15) is 5.76 Å². The monoisotopic (exact) mass is 220 g/mol. The standard InChI is InChI=1S/C12H12O4/c1-9(8-11(13)15-2)16-12(14)10-6-4-3-5-7-10/h3-8H,1-2H3/b9-8-. The third-order valence-corrected chi connectivity index (χ3v) is 1.79. The van der Waals surface area contributed by atoms with E-state index in [2.05, 4.69) is 4.74 Å². The van der Waals surface area contributed by atoms with E-state index in [1.165, 1.54) is 14.0 Å². The molecule has 1 rings (SSSR count). The van der Waals surface area contributed by atoms with E-state index in [1.54, 1.807) is 30.3 Å². The Morgan fingerprint density at radius 3 is 2.38 bits per heavy atom. The number of allylic oxidation sites excluding steroid dienone is 1. The van der Waals surface area contributed by atoms with E-state index in [0.717, 1.165) is 6.08 Å². The first-order valence-corrected chi connectivity index (χ1v) is 4.67. The van der Waals surface area contributed by atoms with Gasteiger partial charge in [-0.05, 0) is 19.1 Å². The molecule has 0 aliphatic rings. The molecular formula is C12H12O4. The Labute approximate surface area is 93.5 Å². The smallest absolute Gasteiger partial charge is 0.343 e. The lowest BCUT2D eigenvalue weighted by atomic mass is 10.2. The van der Waals surface area contributed by atoms with E-state index in [-0.39, 0.29) is 5.76 Å². The molecule has 4 nitrogen and oxygen atoms in total. The Bertz CT molecular complexity index is 406. The lowest BCUT2D eigenvalue weighted by Crippen LogP contribution is -2.05. The molecule has 0 spiro atoms. The van der Waals surface area contributed by atoms with Crippen molar-refractivity contribution in [2.75, 3.05) is 7.11 Å². The SMILES string of the molecule is COC(=O)/C=C(/C)OC(=O)c1ccccc1. The van der Waals surface area contributed by atoms with E-state index in [9.17, 15) is 9.59 Å². The van der Waals surface area contributed by atoms with Crippen LogP contribution in [0.1, 0.15) is 17.3 Å². The molecule has 84 valence electrons.